The van der Waals surface area contributed by atoms with Crippen molar-refractivity contribution in [1.29, 1.82) is 0 Å². The molecule has 1 aliphatic heterocycles. The van der Waals surface area contributed by atoms with Gasteiger partial charge in [0.05, 0.1) is 5.60 Å². The van der Waals surface area contributed by atoms with Crippen LogP contribution >= 0.6 is 10.3 Å². The monoisotopic (exact) mass is 375 g/mol. The number of hydrogen-bond acceptors (Lipinski definition) is 5. The van der Waals surface area contributed by atoms with E-state index in [2.05, 4.69) is 5.32 Å². The van der Waals surface area contributed by atoms with Crippen LogP contribution in [-0.4, -0.2) is 34.6 Å². The molecule has 0 unspecified atom stereocenters. The molecule has 1 heterocycles. The fourth-order valence-electron chi connectivity index (χ4n) is 2.38. The molecule has 1 amide bonds. The van der Waals surface area contributed by atoms with Crippen LogP contribution in [0, 0.1) is 0 Å². The maximum absolute atomic E-state index is 12.2. The van der Waals surface area contributed by atoms with Gasteiger partial charge in [-0.05, 0) is 44.4 Å². The van der Waals surface area contributed by atoms with Crippen LogP contribution in [0.1, 0.15) is 20.8 Å². The van der Waals surface area contributed by atoms with Crippen molar-refractivity contribution in [3.63, 3.8) is 0 Å². The van der Waals surface area contributed by atoms with Crippen LogP contribution in [0.5, 0.6) is 5.75 Å². The van der Waals surface area contributed by atoms with Gasteiger partial charge in [-0.1, -0.05) is 18.2 Å². The molecule has 3 rings (SSSR count). The van der Waals surface area contributed by atoms with Crippen molar-refractivity contribution in [2.75, 3.05) is 18.2 Å². The van der Waals surface area contributed by atoms with Gasteiger partial charge in [-0.2, -0.15) is 0 Å². The van der Waals surface area contributed by atoms with Gasteiger partial charge in [0.25, 0.3) is 10.2 Å². The van der Waals surface area contributed by atoms with Crippen molar-refractivity contribution in [3.05, 3.63) is 36.4 Å². The van der Waals surface area contributed by atoms with E-state index in [1.807, 2.05) is 39.0 Å². The van der Waals surface area contributed by atoms with E-state index in [1.165, 1.54) is 0 Å². The van der Waals surface area contributed by atoms with Crippen molar-refractivity contribution in [2.45, 2.75) is 26.4 Å². The number of benzene rings is 2. The Bertz CT molecular complexity index is 902. The zero-order valence-corrected chi connectivity index (χ0v) is 15.9. The summed E-state index contributed by atoms with van der Waals surface area (Å²) in [7, 11) is -2.30. The highest BCUT2D eigenvalue weighted by Crippen LogP contribution is 2.61. The summed E-state index contributed by atoms with van der Waals surface area (Å²) in [6.07, 6.45) is 1.54. The molecule has 7 heteroatoms. The minimum Gasteiger partial charge on any atom is -0.434 e. The summed E-state index contributed by atoms with van der Waals surface area (Å²) in [6, 6.07) is 10.8. The van der Waals surface area contributed by atoms with Gasteiger partial charge in [-0.25, -0.2) is 0 Å². The first-order valence-corrected chi connectivity index (χ1v) is 10.1. The number of nitrogens with one attached hydrogen (secondary N) is 1. The van der Waals surface area contributed by atoms with Gasteiger partial charge in [0.1, 0.15) is 12.4 Å². The van der Waals surface area contributed by atoms with Gasteiger partial charge in [-0.15, -0.1) is 0 Å². The number of anilines is 1. The van der Waals surface area contributed by atoms with Gasteiger partial charge in [-0.3, -0.25) is 14.4 Å². The number of ether oxygens (including phenoxy) is 1. The van der Waals surface area contributed by atoms with Crippen molar-refractivity contribution in [3.8, 4) is 5.75 Å². The summed E-state index contributed by atoms with van der Waals surface area (Å²) in [5.74, 6) is 0.172. The van der Waals surface area contributed by atoms with Gasteiger partial charge < -0.3 is 14.2 Å². The third-order valence-electron chi connectivity index (χ3n) is 3.86. The minimum atomic E-state index is -2.30. The standard InChI is InChI=1S/C19H21NO5S/c1-19(2,3)24-11-16(21)20-15-7-5-6-12-8-9-13(10-14(12)15)25-26(4)17(22)18(26)23/h5-10H,11H2,1-4H3,(H,20,21). The lowest BCUT2D eigenvalue weighted by Gasteiger charge is -2.19. The van der Waals surface area contributed by atoms with Crippen molar-refractivity contribution < 1.29 is 23.3 Å². The molecule has 138 valence electrons. The Kier molecular flexibility index (Phi) is 4.54. The van der Waals surface area contributed by atoms with Gasteiger partial charge >= 0.3 is 0 Å². The molecule has 1 aliphatic rings. The Hall–Kier alpha value is -2.38. The second-order valence-electron chi connectivity index (χ2n) is 7.14. The highest BCUT2D eigenvalue weighted by atomic mass is 32.3. The third kappa shape index (κ3) is 3.73. The van der Waals surface area contributed by atoms with Crippen LogP contribution < -0.4 is 9.50 Å². The van der Waals surface area contributed by atoms with Crippen molar-refractivity contribution >= 4 is 42.9 Å². The summed E-state index contributed by atoms with van der Waals surface area (Å²) in [4.78, 5) is 35.1. The lowest BCUT2D eigenvalue weighted by Crippen LogP contribution is -2.27. The van der Waals surface area contributed by atoms with E-state index in [0.717, 1.165) is 10.8 Å². The quantitative estimate of drug-likeness (QED) is 0.640. The number of fused-ring (bicyclic) bond motifs is 1. The number of rotatable bonds is 5. The van der Waals surface area contributed by atoms with Crippen LogP contribution in [0.15, 0.2) is 36.4 Å². The van der Waals surface area contributed by atoms with Crippen molar-refractivity contribution in [1.82, 2.24) is 0 Å². The molecule has 0 aromatic heterocycles. The summed E-state index contributed by atoms with van der Waals surface area (Å²) in [6.45, 7) is 5.59. The van der Waals surface area contributed by atoms with Crippen LogP contribution in [0.2, 0.25) is 0 Å². The summed E-state index contributed by atoms with van der Waals surface area (Å²) < 4.78 is 11.1. The third-order valence-corrected chi connectivity index (χ3v) is 5.97. The molecule has 0 atom stereocenters. The predicted molar refractivity (Wildman–Crippen MR) is 102 cm³/mol. The molecule has 2 aromatic carbocycles. The second kappa shape index (κ2) is 6.41. The number of carbonyl (C=O) groups is 3. The lowest BCUT2D eigenvalue weighted by atomic mass is 10.1. The normalized spacial score (nSPS) is 17.1. The molecule has 2 aromatic rings. The van der Waals surface area contributed by atoms with E-state index in [4.69, 9.17) is 8.92 Å². The first-order valence-electron chi connectivity index (χ1n) is 8.13. The molecule has 26 heavy (non-hydrogen) atoms. The fraction of sp³-hybridized carbons (Fsp3) is 0.316. The van der Waals surface area contributed by atoms with Gasteiger partial charge in [0.15, 0.2) is 0 Å². The number of carbonyl (C=O) groups excluding carboxylic acids is 3. The average molecular weight is 375 g/mol. The molecule has 0 aliphatic carbocycles. The molecule has 0 bridgehead atoms. The van der Waals surface area contributed by atoms with Gasteiger partial charge in [0.2, 0.25) is 5.91 Å². The van der Waals surface area contributed by atoms with E-state index >= 15 is 0 Å². The SMILES string of the molecule is CC(C)(C)OCC(=O)Nc1cccc2ccc(OS3(C)C(=O)C3=O)cc12. The average Bonchev–Trinajstić information content (AvgIpc) is 3.03. The molecule has 0 radical (unpaired) electrons. The maximum atomic E-state index is 12.2. The van der Waals surface area contributed by atoms with E-state index in [9.17, 15) is 14.4 Å². The molecule has 0 spiro atoms. The van der Waals surface area contributed by atoms with E-state index in [0.29, 0.717) is 11.4 Å². The van der Waals surface area contributed by atoms with E-state index in [1.54, 1.807) is 24.5 Å². The summed E-state index contributed by atoms with van der Waals surface area (Å²) >= 11 is 0. The number of amides is 1. The molecular weight excluding hydrogens is 354 g/mol. The maximum Gasteiger partial charge on any atom is 0.289 e. The Morgan fingerprint density at radius 1 is 1.12 bits per heavy atom. The predicted octanol–water partition coefficient (Wildman–Crippen LogP) is 3.39. The largest absolute Gasteiger partial charge is 0.434 e. The van der Waals surface area contributed by atoms with Gasteiger partial charge in [0, 0.05) is 27.6 Å². The van der Waals surface area contributed by atoms with Crippen molar-refractivity contribution in [2.24, 2.45) is 0 Å². The zero-order valence-electron chi connectivity index (χ0n) is 15.1. The van der Waals surface area contributed by atoms with Crippen LogP contribution in [0.3, 0.4) is 0 Å². The first kappa shape index (κ1) is 18.4. The van der Waals surface area contributed by atoms with E-state index < -0.39 is 26.1 Å². The smallest absolute Gasteiger partial charge is 0.289 e. The van der Waals surface area contributed by atoms with Crippen LogP contribution in [-0.2, 0) is 19.1 Å². The molecule has 1 N–H and O–H groups in total. The topological polar surface area (TPSA) is 81.7 Å². The Morgan fingerprint density at radius 3 is 2.42 bits per heavy atom. The molecule has 6 nitrogen and oxygen atoms in total. The number of hydrogen-bond donors (Lipinski definition) is 1. The van der Waals surface area contributed by atoms with Crippen LogP contribution in [0.25, 0.3) is 10.8 Å². The molecule has 0 saturated carbocycles. The molecular formula is C19H21NO5S. The highest BCUT2D eigenvalue weighted by molar-refractivity contribution is 8.67. The Labute approximate surface area is 153 Å². The fourth-order valence-corrected chi connectivity index (χ4v) is 3.85. The second-order valence-corrected chi connectivity index (χ2v) is 9.74. The lowest BCUT2D eigenvalue weighted by molar-refractivity contribution is -0.125. The van der Waals surface area contributed by atoms with Crippen LogP contribution in [0.4, 0.5) is 5.69 Å². The Balaban J connectivity index is 1.82. The zero-order chi connectivity index (χ0) is 19.1. The highest BCUT2D eigenvalue weighted by Gasteiger charge is 2.60. The Morgan fingerprint density at radius 2 is 1.81 bits per heavy atom. The minimum absolute atomic E-state index is 0.0543. The molecule has 1 saturated heterocycles. The summed E-state index contributed by atoms with van der Waals surface area (Å²) in [5.41, 5.74) is 0.211. The van der Waals surface area contributed by atoms with E-state index in [-0.39, 0.29) is 12.5 Å². The first-order chi connectivity index (χ1) is 12.1. The molecule has 1 fully saturated rings. The summed E-state index contributed by atoms with van der Waals surface area (Å²) in [5, 5.41) is 3.61.